The van der Waals surface area contributed by atoms with Gasteiger partial charge < -0.3 is 18.9 Å². The van der Waals surface area contributed by atoms with Gasteiger partial charge in [-0.2, -0.15) is 0 Å². The molecule has 5 unspecified atom stereocenters. The van der Waals surface area contributed by atoms with Crippen molar-refractivity contribution in [2.45, 2.75) is 51.2 Å². The number of alkyl halides is 1. The normalized spacial score (nSPS) is 38.7. The Morgan fingerprint density at radius 1 is 1.39 bits per heavy atom. The molecule has 0 N–H and O–H groups in total. The standard InChI is InChI=1S/C11H19FO4.CH2S/c1-6(5-13-4)8-7(12)9-10(14-8)16-11(2,3)15-9;1-2/h6-10H,5H2,1-4H3;1H2. The van der Waals surface area contributed by atoms with Crippen LogP contribution in [0.3, 0.4) is 0 Å². The third-order valence-corrected chi connectivity index (χ3v) is 3.00. The highest BCUT2D eigenvalue weighted by atomic mass is 32.1. The molecule has 2 saturated heterocycles. The molecule has 0 aromatic carbocycles. The molecule has 0 saturated carbocycles. The van der Waals surface area contributed by atoms with E-state index in [0.29, 0.717) is 6.61 Å². The molecule has 0 spiro atoms. The number of halogens is 1. The molecule has 5 atom stereocenters. The molecule has 106 valence electrons. The highest BCUT2D eigenvalue weighted by molar-refractivity contribution is 7.77. The van der Waals surface area contributed by atoms with E-state index in [4.69, 9.17) is 18.9 Å². The summed E-state index contributed by atoms with van der Waals surface area (Å²) in [6.45, 7) is 5.88. The van der Waals surface area contributed by atoms with Gasteiger partial charge in [0.1, 0.15) is 6.10 Å². The van der Waals surface area contributed by atoms with Crippen molar-refractivity contribution in [3.63, 3.8) is 0 Å². The summed E-state index contributed by atoms with van der Waals surface area (Å²) in [7, 11) is 1.59. The van der Waals surface area contributed by atoms with Gasteiger partial charge in [-0.1, -0.05) is 19.1 Å². The third-order valence-electron chi connectivity index (χ3n) is 3.00. The number of hydrogen-bond donors (Lipinski definition) is 0. The monoisotopic (exact) mass is 280 g/mol. The van der Waals surface area contributed by atoms with Gasteiger partial charge in [0.25, 0.3) is 0 Å². The lowest BCUT2D eigenvalue weighted by Crippen LogP contribution is -2.36. The summed E-state index contributed by atoms with van der Waals surface area (Å²) in [6.07, 6.45) is -2.86. The fraction of sp³-hybridized carbons (Fsp3) is 0.917. The third kappa shape index (κ3) is 3.24. The predicted molar refractivity (Wildman–Crippen MR) is 69.3 cm³/mol. The topological polar surface area (TPSA) is 36.9 Å². The molecule has 0 aromatic heterocycles. The molecule has 6 heteroatoms. The Kier molecular flexibility index (Phi) is 5.61. The molecule has 0 amide bonds. The first-order valence-corrected chi connectivity index (χ1v) is 6.45. The predicted octanol–water partition coefficient (Wildman–Crippen LogP) is 2.10. The highest BCUT2D eigenvalue weighted by Gasteiger charge is 2.56. The second kappa shape index (κ2) is 6.34. The number of thiocarbonyl (C=S) groups is 1. The zero-order valence-electron chi connectivity index (χ0n) is 11.2. The summed E-state index contributed by atoms with van der Waals surface area (Å²) in [5, 5.41) is 0. The molecule has 2 aliphatic heterocycles. The maximum absolute atomic E-state index is 14.1. The number of methoxy groups -OCH3 is 1. The summed E-state index contributed by atoms with van der Waals surface area (Å²) in [5.41, 5.74) is 0. The van der Waals surface area contributed by atoms with Crippen LogP contribution in [0.1, 0.15) is 20.8 Å². The lowest BCUT2D eigenvalue weighted by Gasteiger charge is -2.25. The van der Waals surface area contributed by atoms with Crippen LogP contribution in [0.5, 0.6) is 0 Å². The minimum absolute atomic E-state index is 0.0130. The van der Waals surface area contributed by atoms with Crippen LogP contribution >= 0.6 is 12.2 Å². The van der Waals surface area contributed by atoms with Crippen LogP contribution < -0.4 is 0 Å². The summed E-state index contributed by atoms with van der Waals surface area (Å²) in [6, 6.07) is 0. The molecular formula is C12H21FO4S. The minimum atomic E-state index is -1.16. The van der Waals surface area contributed by atoms with E-state index in [2.05, 4.69) is 18.1 Å². The van der Waals surface area contributed by atoms with Crippen LogP contribution in [-0.2, 0) is 18.9 Å². The summed E-state index contributed by atoms with van der Waals surface area (Å²) < 4.78 is 35.6. The van der Waals surface area contributed by atoms with Gasteiger partial charge in [-0.15, -0.1) is 0 Å². The van der Waals surface area contributed by atoms with E-state index in [9.17, 15) is 4.39 Å². The Morgan fingerprint density at radius 2 is 2.00 bits per heavy atom. The van der Waals surface area contributed by atoms with E-state index in [1.165, 1.54) is 0 Å². The van der Waals surface area contributed by atoms with Gasteiger partial charge in [-0.05, 0) is 19.7 Å². The molecule has 2 heterocycles. The van der Waals surface area contributed by atoms with E-state index in [0.717, 1.165) is 0 Å². The van der Waals surface area contributed by atoms with Gasteiger partial charge in [-0.25, -0.2) is 4.39 Å². The molecule has 2 rings (SSSR count). The molecule has 4 nitrogen and oxygen atoms in total. The molecule has 2 aliphatic rings. The van der Waals surface area contributed by atoms with E-state index < -0.39 is 30.5 Å². The maximum atomic E-state index is 14.1. The van der Waals surface area contributed by atoms with Gasteiger partial charge in [-0.3, -0.25) is 0 Å². The number of fused-ring (bicyclic) bond motifs is 1. The molecule has 0 bridgehead atoms. The Balaban J connectivity index is 0.000000771. The fourth-order valence-electron chi connectivity index (χ4n) is 2.30. The Morgan fingerprint density at radius 3 is 2.50 bits per heavy atom. The highest BCUT2D eigenvalue weighted by Crippen LogP contribution is 2.40. The van der Waals surface area contributed by atoms with Gasteiger partial charge in [0.2, 0.25) is 0 Å². The summed E-state index contributed by atoms with van der Waals surface area (Å²) in [4.78, 5) is 0. The van der Waals surface area contributed by atoms with Crippen molar-refractivity contribution in [2.75, 3.05) is 13.7 Å². The minimum Gasteiger partial charge on any atom is -0.384 e. The van der Waals surface area contributed by atoms with Gasteiger partial charge in [0, 0.05) is 13.0 Å². The summed E-state index contributed by atoms with van der Waals surface area (Å²) in [5.74, 6) is 2.07. The van der Waals surface area contributed by atoms with Crippen LogP contribution in [0.2, 0.25) is 0 Å². The molecule has 18 heavy (non-hydrogen) atoms. The molecule has 0 aromatic rings. The van der Waals surface area contributed by atoms with Crippen molar-refractivity contribution >= 4 is 18.1 Å². The smallest absolute Gasteiger partial charge is 0.190 e. The van der Waals surface area contributed by atoms with E-state index in [-0.39, 0.29) is 5.92 Å². The molecule has 0 radical (unpaired) electrons. The van der Waals surface area contributed by atoms with Gasteiger partial charge in [0.15, 0.2) is 18.2 Å². The van der Waals surface area contributed by atoms with E-state index >= 15 is 0 Å². The van der Waals surface area contributed by atoms with Crippen molar-refractivity contribution in [3.05, 3.63) is 0 Å². The van der Waals surface area contributed by atoms with Crippen LogP contribution in [0, 0.1) is 5.92 Å². The number of hydrogen-bond acceptors (Lipinski definition) is 5. The Labute approximate surface area is 113 Å². The molecule has 0 aliphatic carbocycles. The Hall–Kier alpha value is -0.140. The average Bonchev–Trinajstić information content (AvgIpc) is 2.77. The Bertz CT molecular complexity index is 277. The zero-order chi connectivity index (χ0) is 13.9. The van der Waals surface area contributed by atoms with Gasteiger partial charge >= 0.3 is 0 Å². The zero-order valence-corrected chi connectivity index (χ0v) is 12.0. The average molecular weight is 280 g/mol. The van der Waals surface area contributed by atoms with Gasteiger partial charge in [0.05, 0.1) is 12.7 Å². The second-order valence-electron chi connectivity index (χ2n) is 4.95. The number of ether oxygens (including phenoxy) is 4. The van der Waals surface area contributed by atoms with Crippen molar-refractivity contribution < 1.29 is 23.3 Å². The van der Waals surface area contributed by atoms with Crippen LogP contribution in [0.25, 0.3) is 0 Å². The number of rotatable bonds is 3. The lowest BCUT2D eigenvalue weighted by molar-refractivity contribution is -0.217. The lowest BCUT2D eigenvalue weighted by atomic mass is 10.0. The molecule has 2 fully saturated rings. The molecular weight excluding hydrogens is 259 g/mol. The van der Waals surface area contributed by atoms with Crippen LogP contribution in [-0.4, -0.2) is 50.0 Å². The van der Waals surface area contributed by atoms with E-state index in [1.807, 2.05) is 6.92 Å². The summed E-state index contributed by atoms with van der Waals surface area (Å²) >= 11 is 3.83. The first kappa shape index (κ1) is 15.9. The largest absolute Gasteiger partial charge is 0.384 e. The first-order chi connectivity index (χ1) is 8.44. The first-order valence-electron chi connectivity index (χ1n) is 5.87. The van der Waals surface area contributed by atoms with Crippen LogP contribution in [0.4, 0.5) is 4.39 Å². The SMILES string of the molecule is C=S.COCC(C)C1OC2OC(C)(C)OC2C1F. The van der Waals surface area contributed by atoms with Crippen molar-refractivity contribution in [1.29, 1.82) is 0 Å². The van der Waals surface area contributed by atoms with Crippen molar-refractivity contribution in [2.24, 2.45) is 5.92 Å². The maximum Gasteiger partial charge on any atom is 0.190 e. The van der Waals surface area contributed by atoms with Crippen molar-refractivity contribution in [1.82, 2.24) is 0 Å². The van der Waals surface area contributed by atoms with E-state index in [1.54, 1.807) is 21.0 Å². The fourth-order valence-corrected chi connectivity index (χ4v) is 2.30. The quantitative estimate of drug-likeness (QED) is 0.740. The second-order valence-corrected chi connectivity index (χ2v) is 4.95. The van der Waals surface area contributed by atoms with Crippen LogP contribution in [0.15, 0.2) is 0 Å². The van der Waals surface area contributed by atoms with Crippen molar-refractivity contribution in [3.8, 4) is 0 Å².